The number of hydrogen-bond acceptors (Lipinski definition) is 3. The van der Waals surface area contributed by atoms with Crippen molar-refractivity contribution < 1.29 is 14.7 Å². The van der Waals surface area contributed by atoms with Crippen LogP contribution in [-0.2, 0) is 9.59 Å². The van der Waals surface area contributed by atoms with Gasteiger partial charge in [-0.3, -0.25) is 4.79 Å². The Hall–Kier alpha value is -1.88. The average Bonchev–Trinajstić information content (AvgIpc) is 2.90. The minimum absolute atomic E-state index is 0.247. The molecule has 1 unspecified atom stereocenters. The first-order valence-corrected chi connectivity index (χ1v) is 6.00. The molecular formula is C13H16N2O3. The number of benzene rings is 1. The Morgan fingerprint density at radius 2 is 2.06 bits per heavy atom. The zero-order valence-electron chi connectivity index (χ0n) is 9.93. The van der Waals surface area contributed by atoms with E-state index in [0.29, 0.717) is 5.56 Å². The highest BCUT2D eigenvalue weighted by Crippen LogP contribution is 2.14. The van der Waals surface area contributed by atoms with Gasteiger partial charge in [0.15, 0.2) is 6.04 Å². The second kappa shape index (κ2) is 5.64. The van der Waals surface area contributed by atoms with Crippen molar-refractivity contribution in [2.24, 2.45) is 0 Å². The largest absolute Gasteiger partial charge is 0.479 e. The average molecular weight is 248 g/mol. The SMILES string of the molecule is O=C(N[C@H](C(=O)O)c1ccccc1)C1CCCN1. The summed E-state index contributed by atoms with van der Waals surface area (Å²) in [5, 5.41) is 14.8. The molecule has 3 N–H and O–H groups in total. The lowest BCUT2D eigenvalue weighted by atomic mass is 10.1. The summed E-state index contributed by atoms with van der Waals surface area (Å²) in [6.07, 6.45) is 1.70. The summed E-state index contributed by atoms with van der Waals surface area (Å²) in [6, 6.07) is 7.46. The molecule has 96 valence electrons. The van der Waals surface area contributed by atoms with Crippen LogP contribution in [0.25, 0.3) is 0 Å². The number of rotatable bonds is 4. The number of carbonyl (C=O) groups excluding carboxylic acids is 1. The molecule has 5 nitrogen and oxygen atoms in total. The molecule has 0 spiro atoms. The van der Waals surface area contributed by atoms with Gasteiger partial charge in [0.1, 0.15) is 0 Å². The molecular weight excluding hydrogens is 232 g/mol. The highest BCUT2D eigenvalue weighted by molar-refractivity contribution is 5.87. The molecule has 0 saturated carbocycles. The van der Waals surface area contributed by atoms with E-state index in [4.69, 9.17) is 0 Å². The van der Waals surface area contributed by atoms with Crippen LogP contribution in [0.4, 0.5) is 0 Å². The van der Waals surface area contributed by atoms with Crippen LogP contribution in [0.2, 0.25) is 0 Å². The maximum absolute atomic E-state index is 11.9. The van der Waals surface area contributed by atoms with Gasteiger partial charge >= 0.3 is 5.97 Å². The van der Waals surface area contributed by atoms with E-state index in [1.807, 2.05) is 6.07 Å². The van der Waals surface area contributed by atoms with Crippen LogP contribution in [0, 0.1) is 0 Å². The minimum atomic E-state index is -1.05. The molecule has 5 heteroatoms. The van der Waals surface area contributed by atoms with Crippen molar-refractivity contribution in [2.45, 2.75) is 24.9 Å². The highest BCUT2D eigenvalue weighted by atomic mass is 16.4. The van der Waals surface area contributed by atoms with Gasteiger partial charge in [0.2, 0.25) is 5.91 Å². The van der Waals surface area contributed by atoms with Crippen LogP contribution in [0.15, 0.2) is 30.3 Å². The molecule has 1 heterocycles. The molecule has 1 fully saturated rings. The summed E-state index contributed by atoms with van der Waals surface area (Å²) < 4.78 is 0. The number of carboxylic acids is 1. The topological polar surface area (TPSA) is 78.4 Å². The fourth-order valence-electron chi connectivity index (χ4n) is 2.08. The van der Waals surface area contributed by atoms with Crippen molar-refractivity contribution in [3.8, 4) is 0 Å². The van der Waals surface area contributed by atoms with Gasteiger partial charge in [-0.15, -0.1) is 0 Å². The minimum Gasteiger partial charge on any atom is -0.479 e. The lowest BCUT2D eigenvalue weighted by Gasteiger charge is -2.17. The summed E-state index contributed by atoms with van der Waals surface area (Å²) in [6.45, 7) is 0.807. The lowest BCUT2D eigenvalue weighted by molar-refractivity contribution is -0.142. The van der Waals surface area contributed by atoms with E-state index in [1.165, 1.54) is 0 Å². The number of carbonyl (C=O) groups is 2. The van der Waals surface area contributed by atoms with Crippen molar-refractivity contribution in [3.63, 3.8) is 0 Å². The summed E-state index contributed by atoms with van der Waals surface area (Å²) >= 11 is 0. The molecule has 1 aliphatic rings. The first kappa shape index (κ1) is 12.6. The standard InChI is InChI=1S/C13H16N2O3/c16-12(10-7-4-8-14-10)15-11(13(17)18)9-5-2-1-3-6-9/h1-3,5-6,10-11,14H,4,7-8H2,(H,15,16)(H,17,18)/t10?,11-/m0/s1. The van der Waals surface area contributed by atoms with Crippen LogP contribution < -0.4 is 10.6 Å². The van der Waals surface area contributed by atoms with Crippen LogP contribution in [0.1, 0.15) is 24.4 Å². The van der Waals surface area contributed by atoms with Crippen molar-refractivity contribution in [2.75, 3.05) is 6.54 Å². The van der Waals surface area contributed by atoms with Crippen LogP contribution in [0.3, 0.4) is 0 Å². The van der Waals surface area contributed by atoms with Gasteiger partial charge in [-0.05, 0) is 24.9 Å². The molecule has 18 heavy (non-hydrogen) atoms. The third-order valence-electron chi connectivity index (χ3n) is 3.04. The Morgan fingerprint density at radius 3 is 2.61 bits per heavy atom. The zero-order chi connectivity index (χ0) is 13.0. The van der Waals surface area contributed by atoms with E-state index in [1.54, 1.807) is 24.3 Å². The Morgan fingerprint density at radius 1 is 1.33 bits per heavy atom. The Labute approximate surface area is 105 Å². The lowest BCUT2D eigenvalue weighted by Crippen LogP contribution is -2.44. The molecule has 0 radical (unpaired) electrons. The molecule has 1 aromatic rings. The van der Waals surface area contributed by atoms with E-state index >= 15 is 0 Å². The molecule has 0 bridgehead atoms. The Bertz CT molecular complexity index is 427. The van der Waals surface area contributed by atoms with Gasteiger partial charge in [0, 0.05) is 0 Å². The summed E-state index contributed by atoms with van der Waals surface area (Å²) in [5.41, 5.74) is 0.580. The summed E-state index contributed by atoms with van der Waals surface area (Å²) in [7, 11) is 0. The second-order valence-corrected chi connectivity index (χ2v) is 4.34. The maximum atomic E-state index is 11.9. The highest BCUT2D eigenvalue weighted by Gasteiger charge is 2.27. The van der Waals surface area contributed by atoms with Crippen molar-refractivity contribution >= 4 is 11.9 Å². The monoisotopic (exact) mass is 248 g/mol. The van der Waals surface area contributed by atoms with Crippen molar-refractivity contribution in [3.05, 3.63) is 35.9 Å². The van der Waals surface area contributed by atoms with E-state index in [9.17, 15) is 14.7 Å². The van der Waals surface area contributed by atoms with E-state index in [0.717, 1.165) is 19.4 Å². The molecule has 1 aromatic carbocycles. The smallest absolute Gasteiger partial charge is 0.330 e. The molecule has 2 atom stereocenters. The summed E-state index contributed by atoms with van der Waals surface area (Å²) in [4.78, 5) is 23.1. The van der Waals surface area contributed by atoms with E-state index < -0.39 is 12.0 Å². The van der Waals surface area contributed by atoms with Gasteiger partial charge in [-0.2, -0.15) is 0 Å². The van der Waals surface area contributed by atoms with Gasteiger partial charge in [0.25, 0.3) is 0 Å². The summed E-state index contributed by atoms with van der Waals surface area (Å²) in [5.74, 6) is -1.30. The number of amides is 1. The zero-order valence-corrected chi connectivity index (χ0v) is 9.93. The molecule has 1 aliphatic heterocycles. The van der Waals surface area contributed by atoms with Crippen molar-refractivity contribution in [1.29, 1.82) is 0 Å². The fourth-order valence-corrected chi connectivity index (χ4v) is 2.08. The third kappa shape index (κ3) is 2.87. The van der Waals surface area contributed by atoms with Gasteiger partial charge in [0.05, 0.1) is 6.04 Å². The third-order valence-corrected chi connectivity index (χ3v) is 3.04. The maximum Gasteiger partial charge on any atom is 0.330 e. The number of carboxylic acid groups (broad SMARTS) is 1. The first-order chi connectivity index (χ1) is 8.68. The van der Waals surface area contributed by atoms with E-state index in [-0.39, 0.29) is 11.9 Å². The Balaban J connectivity index is 2.07. The second-order valence-electron chi connectivity index (χ2n) is 4.34. The predicted molar refractivity (Wildman–Crippen MR) is 66.0 cm³/mol. The molecule has 0 aromatic heterocycles. The molecule has 0 aliphatic carbocycles. The van der Waals surface area contributed by atoms with Gasteiger partial charge in [-0.1, -0.05) is 30.3 Å². The predicted octanol–water partition coefficient (Wildman–Crippen LogP) is 0.680. The van der Waals surface area contributed by atoms with Crippen molar-refractivity contribution in [1.82, 2.24) is 10.6 Å². The quantitative estimate of drug-likeness (QED) is 0.732. The molecule has 1 saturated heterocycles. The van der Waals surface area contributed by atoms with Crippen LogP contribution in [-0.4, -0.2) is 29.6 Å². The van der Waals surface area contributed by atoms with Crippen LogP contribution >= 0.6 is 0 Å². The Kier molecular flexibility index (Phi) is 3.94. The van der Waals surface area contributed by atoms with Gasteiger partial charge in [-0.25, -0.2) is 4.79 Å². The normalized spacial score (nSPS) is 20.3. The molecule has 2 rings (SSSR count). The first-order valence-electron chi connectivity index (χ1n) is 6.00. The number of hydrogen-bond donors (Lipinski definition) is 3. The van der Waals surface area contributed by atoms with E-state index in [2.05, 4.69) is 10.6 Å². The number of aliphatic carboxylic acids is 1. The van der Waals surface area contributed by atoms with Gasteiger partial charge < -0.3 is 15.7 Å². The molecule has 1 amide bonds. The fraction of sp³-hybridized carbons (Fsp3) is 0.385. The van der Waals surface area contributed by atoms with Crippen LogP contribution in [0.5, 0.6) is 0 Å². The number of nitrogens with one attached hydrogen (secondary N) is 2.